The number of rotatable bonds is 6. The molecule has 0 spiro atoms. The molecule has 0 bridgehead atoms. The summed E-state index contributed by atoms with van der Waals surface area (Å²) < 4.78 is 22.0. The van der Waals surface area contributed by atoms with Crippen LogP contribution in [-0.4, -0.2) is 45.4 Å². The van der Waals surface area contributed by atoms with Crippen LogP contribution in [0.2, 0.25) is 0 Å². The second-order valence-electron chi connectivity index (χ2n) is 10.0. The molecule has 170 valence electrons. The third-order valence-electron chi connectivity index (χ3n) is 5.98. The maximum atomic E-state index is 11.7. The van der Waals surface area contributed by atoms with E-state index >= 15 is 0 Å². The number of benzene rings is 2. The van der Waals surface area contributed by atoms with Gasteiger partial charge in [0.15, 0.2) is 0 Å². The Kier molecular flexibility index (Phi) is 7.14. The molecule has 1 fully saturated rings. The van der Waals surface area contributed by atoms with E-state index in [4.69, 9.17) is 4.78 Å². The molecule has 0 aromatic heterocycles. The van der Waals surface area contributed by atoms with Gasteiger partial charge in [-0.25, -0.2) is 8.99 Å². The highest BCUT2D eigenvalue weighted by Gasteiger charge is 2.35. The molecular weight excluding hydrogens is 404 g/mol. The van der Waals surface area contributed by atoms with Gasteiger partial charge < -0.3 is 0 Å². The quantitative estimate of drug-likeness (QED) is 0.623. The van der Waals surface area contributed by atoms with E-state index in [0.717, 1.165) is 31.9 Å². The van der Waals surface area contributed by atoms with Gasteiger partial charge in [0, 0.05) is 49.7 Å². The second kappa shape index (κ2) is 9.31. The summed E-state index contributed by atoms with van der Waals surface area (Å²) >= 11 is 0. The molecule has 2 atom stereocenters. The summed E-state index contributed by atoms with van der Waals surface area (Å²) in [6, 6.07) is 17.3. The zero-order chi connectivity index (χ0) is 22.8. The molecule has 5 nitrogen and oxygen atoms in total. The van der Waals surface area contributed by atoms with Gasteiger partial charge >= 0.3 is 0 Å². The van der Waals surface area contributed by atoms with Crippen molar-refractivity contribution in [1.82, 2.24) is 9.80 Å². The van der Waals surface area contributed by atoms with Crippen LogP contribution >= 0.6 is 0 Å². The van der Waals surface area contributed by atoms with Crippen LogP contribution in [0.3, 0.4) is 0 Å². The van der Waals surface area contributed by atoms with Gasteiger partial charge in [-0.15, -0.1) is 0 Å². The second-order valence-corrected chi connectivity index (χ2v) is 11.9. The minimum absolute atomic E-state index is 0.109. The fourth-order valence-corrected chi connectivity index (χ4v) is 5.14. The minimum Gasteiger partial charge on any atom is -0.299 e. The van der Waals surface area contributed by atoms with Crippen LogP contribution in [0.5, 0.6) is 0 Å². The summed E-state index contributed by atoms with van der Waals surface area (Å²) in [5.41, 5.74) is 4.96. The molecule has 0 radical (unpaired) electrons. The van der Waals surface area contributed by atoms with Crippen LogP contribution in [0.15, 0.2) is 48.5 Å². The fraction of sp³-hybridized carbons (Fsp3) is 0.520. The van der Waals surface area contributed by atoms with Gasteiger partial charge in [0.05, 0.1) is 0 Å². The molecular formula is C25H38N4OS. The Morgan fingerprint density at radius 1 is 1.10 bits per heavy atom. The maximum absolute atomic E-state index is 11.7. The summed E-state index contributed by atoms with van der Waals surface area (Å²) in [6.07, 6.45) is 1.39. The first kappa shape index (κ1) is 23.8. The van der Waals surface area contributed by atoms with E-state index in [1.807, 2.05) is 12.1 Å². The lowest BCUT2D eigenvalue weighted by molar-refractivity contribution is 0.00555. The largest absolute Gasteiger partial charge is 0.299 e. The molecule has 1 aliphatic heterocycles. The molecule has 2 unspecified atom stereocenters. The van der Waals surface area contributed by atoms with Crippen molar-refractivity contribution in [3.05, 3.63) is 65.2 Å². The number of hydrogen-bond donors (Lipinski definition) is 2. The van der Waals surface area contributed by atoms with Crippen molar-refractivity contribution in [2.75, 3.05) is 30.6 Å². The van der Waals surface area contributed by atoms with Crippen molar-refractivity contribution in [2.45, 2.75) is 58.7 Å². The van der Waals surface area contributed by atoms with Crippen LogP contribution in [0.4, 0.5) is 5.69 Å². The van der Waals surface area contributed by atoms with Gasteiger partial charge in [0.25, 0.3) is 0 Å². The van der Waals surface area contributed by atoms with Crippen LogP contribution in [0.25, 0.3) is 0 Å². The minimum atomic E-state index is -2.75. The molecule has 3 rings (SSSR count). The third kappa shape index (κ3) is 6.31. The van der Waals surface area contributed by atoms with E-state index in [1.165, 1.54) is 22.9 Å². The van der Waals surface area contributed by atoms with E-state index in [9.17, 15) is 4.21 Å². The predicted molar refractivity (Wildman–Crippen MR) is 132 cm³/mol. The Morgan fingerprint density at radius 3 is 2.32 bits per heavy atom. The van der Waals surface area contributed by atoms with E-state index in [0.29, 0.717) is 12.0 Å². The average Bonchev–Trinajstić information content (AvgIpc) is 2.67. The first-order chi connectivity index (χ1) is 14.4. The predicted octanol–water partition coefficient (Wildman–Crippen LogP) is 5.47. The zero-order valence-electron chi connectivity index (χ0n) is 19.8. The summed E-state index contributed by atoms with van der Waals surface area (Å²) in [4.78, 5) is 5.20. The highest BCUT2D eigenvalue weighted by molar-refractivity contribution is 7.93. The SMILES string of the molecule is CC(C)c1ccccc1C1CN(Cc2ccc(NS(C)(=N)=O)cc2)CCN1C(C)(C)C. The molecule has 1 saturated heterocycles. The van der Waals surface area contributed by atoms with Gasteiger partial charge in [0.1, 0.15) is 9.92 Å². The Morgan fingerprint density at radius 2 is 1.74 bits per heavy atom. The third-order valence-corrected chi connectivity index (χ3v) is 6.60. The van der Waals surface area contributed by atoms with Crippen LogP contribution in [0.1, 0.15) is 63.3 Å². The van der Waals surface area contributed by atoms with Crippen LogP contribution < -0.4 is 4.72 Å². The molecule has 0 saturated carbocycles. The van der Waals surface area contributed by atoms with Crippen molar-refractivity contribution in [3.8, 4) is 0 Å². The Hall–Kier alpha value is -1.89. The zero-order valence-corrected chi connectivity index (χ0v) is 20.6. The Bertz CT molecular complexity index is 977. The number of nitrogens with one attached hydrogen (secondary N) is 2. The van der Waals surface area contributed by atoms with Crippen molar-refractivity contribution in [1.29, 1.82) is 4.78 Å². The fourth-order valence-electron chi connectivity index (χ4n) is 4.55. The molecule has 31 heavy (non-hydrogen) atoms. The summed E-state index contributed by atoms with van der Waals surface area (Å²) in [6.45, 7) is 15.5. The lowest BCUT2D eigenvalue weighted by atomic mass is 9.88. The molecule has 2 aromatic carbocycles. The summed E-state index contributed by atoms with van der Waals surface area (Å²) in [5, 5.41) is 0. The first-order valence-electron chi connectivity index (χ1n) is 11.1. The Balaban J connectivity index is 1.81. The highest BCUT2D eigenvalue weighted by Crippen LogP contribution is 2.36. The first-order valence-corrected chi connectivity index (χ1v) is 13.1. The molecule has 0 aliphatic carbocycles. The van der Waals surface area contributed by atoms with Crippen molar-refractivity contribution in [3.63, 3.8) is 0 Å². The van der Waals surface area contributed by atoms with Crippen molar-refractivity contribution >= 4 is 15.6 Å². The number of nitrogens with zero attached hydrogens (tertiary/aromatic N) is 2. The Labute approximate surface area is 189 Å². The van der Waals surface area contributed by atoms with E-state index in [-0.39, 0.29) is 5.54 Å². The molecule has 0 amide bonds. The van der Waals surface area contributed by atoms with Gasteiger partial charge in [-0.2, -0.15) is 0 Å². The standard InChI is InChI=1S/C25H38N4OS/c1-19(2)22-9-7-8-10-23(22)24-18-28(15-16-29(24)25(3,4)5)17-20-11-13-21(14-12-20)27-31(6,26)30/h7-14,19,24H,15-18H2,1-6H3,(H2,26,27,30). The van der Waals surface area contributed by atoms with Gasteiger partial charge in [0.2, 0.25) is 0 Å². The number of piperazine rings is 1. The molecule has 2 N–H and O–H groups in total. The van der Waals surface area contributed by atoms with E-state index in [2.05, 4.69) is 85.5 Å². The van der Waals surface area contributed by atoms with Crippen LogP contribution in [0, 0.1) is 4.78 Å². The number of hydrogen-bond acceptors (Lipinski definition) is 4. The lowest BCUT2D eigenvalue weighted by Gasteiger charge is -2.49. The molecule has 2 aromatic rings. The maximum Gasteiger partial charge on any atom is 0.123 e. The monoisotopic (exact) mass is 442 g/mol. The van der Waals surface area contributed by atoms with E-state index in [1.54, 1.807) is 0 Å². The molecule has 6 heteroatoms. The highest BCUT2D eigenvalue weighted by atomic mass is 32.2. The topological polar surface area (TPSA) is 59.4 Å². The summed E-state index contributed by atoms with van der Waals surface area (Å²) in [7, 11) is -2.75. The van der Waals surface area contributed by atoms with Gasteiger partial charge in [-0.1, -0.05) is 50.2 Å². The smallest absolute Gasteiger partial charge is 0.123 e. The molecule has 1 aliphatic rings. The normalized spacial score (nSPS) is 20.5. The van der Waals surface area contributed by atoms with Crippen LogP contribution in [-0.2, 0) is 16.5 Å². The average molecular weight is 443 g/mol. The summed E-state index contributed by atoms with van der Waals surface area (Å²) in [5.74, 6) is 0.499. The number of anilines is 1. The molecule has 1 heterocycles. The van der Waals surface area contributed by atoms with Gasteiger partial charge in [-0.3, -0.25) is 14.5 Å². The van der Waals surface area contributed by atoms with Crippen molar-refractivity contribution in [2.24, 2.45) is 0 Å². The van der Waals surface area contributed by atoms with E-state index < -0.39 is 9.92 Å². The van der Waals surface area contributed by atoms with Gasteiger partial charge in [-0.05, 0) is 55.5 Å². The van der Waals surface area contributed by atoms with Crippen molar-refractivity contribution < 1.29 is 4.21 Å². The lowest BCUT2D eigenvalue weighted by Crippen LogP contribution is -2.55.